The van der Waals surface area contributed by atoms with Crippen LogP contribution in [0.25, 0.3) is 0 Å². The topological polar surface area (TPSA) is 84.9 Å². The van der Waals surface area contributed by atoms with Gasteiger partial charge in [-0.2, -0.15) is 0 Å². The maximum Gasteiger partial charge on any atom is 0.408 e. The van der Waals surface area contributed by atoms with E-state index < -0.39 is 29.8 Å². The lowest BCUT2D eigenvalue weighted by molar-refractivity contribution is -0.159. The van der Waals surface area contributed by atoms with Gasteiger partial charge in [0.1, 0.15) is 5.60 Å². The Labute approximate surface area is 136 Å². The number of benzene rings is 1. The molecule has 2 N–H and O–H groups in total. The van der Waals surface area contributed by atoms with Crippen LogP contribution in [-0.4, -0.2) is 35.0 Å². The number of hydrogen-bond acceptors (Lipinski definition) is 5. The first kappa shape index (κ1) is 19.0. The average molecular weight is 323 g/mol. The van der Waals surface area contributed by atoms with E-state index in [0.29, 0.717) is 5.56 Å². The van der Waals surface area contributed by atoms with Gasteiger partial charge in [-0.1, -0.05) is 30.3 Å². The molecule has 0 aliphatic heterocycles. The van der Waals surface area contributed by atoms with Gasteiger partial charge >= 0.3 is 12.1 Å². The van der Waals surface area contributed by atoms with Crippen molar-refractivity contribution in [3.05, 3.63) is 35.9 Å². The summed E-state index contributed by atoms with van der Waals surface area (Å²) >= 11 is 0. The zero-order valence-corrected chi connectivity index (χ0v) is 14.2. The standard InChI is InChI=1S/C17H25NO5/c1-11(2)22-15(20)14(19)13(12-9-7-6-8-10-12)18-16(21)23-17(3,4)5/h6-11,13-14,19H,1-5H3,(H,18,21). The highest BCUT2D eigenvalue weighted by Crippen LogP contribution is 2.19. The van der Waals surface area contributed by atoms with Crippen LogP contribution < -0.4 is 5.32 Å². The maximum atomic E-state index is 12.0. The van der Waals surface area contributed by atoms with Gasteiger partial charge in [-0.25, -0.2) is 9.59 Å². The number of hydrogen-bond donors (Lipinski definition) is 2. The summed E-state index contributed by atoms with van der Waals surface area (Å²) in [5.74, 6) is -0.801. The third kappa shape index (κ3) is 6.69. The number of esters is 1. The second-order valence-electron chi connectivity index (χ2n) is 6.47. The molecular weight excluding hydrogens is 298 g/mol. The molecule has 0 aliphatic rings. The molecule has 0 heterocycles. The number of alkyl carbamates (subject to hydrolysis) is 1. The number of carbonyl (C=O) groups excluding carboxylic acids is 2. The molecule has 0 radical (unpaired) electrons. The predicted molar refractivity (Wildman–Crippen MR) is 85.8 cm³/mol. The highest BCUT2D eigenvalue weighted by molar-refractivity contribution is 5.77. The van der Waals surface area contributed by atoms with E-state index >= 15 is 0 Å². The number of aliphatic hydroxyl groups is 1. The zero-order valence-electron chi connectivity index (χ0n) is 14.2. The predicted octanol–water partition coefficient (Wildman–Crippen LogP) is 2.56. The van der Waals surface area contributed by atoms with Crippen LogP contribution in [0, 0.1) is 0 Å². The second-order valence-corrected chi connectivity index (χ2v) is 6.47. The number of nitrogens with one attached hydrogen (secondary N) is 1. The van der Waals surface area contributed by atoms with Crippen LogP contribution in [-0.2, 0) is 14.3 Å². The van der Waals surface area contributed by atoms with Crippen LogP contribution in [0.15, 0.2) is 30.3 Å². The Morgan fingerprint density at radius 3 is 2.17 bits per heavy atom. The van der Waals surface area contributed by atoms with E-state index in [9.17, 15) is 14.7 Å². The zero-order chi connectivity index (χ0) is 17.6. The van der Waals surface area contributed by atoms with Gasteiger partial charge in [-0.15, -0.1) is 0 Å². The van der Waals surface area contributed by atoms with Crippen molar-refractivity contribution in [2.24, 2.45) is 0 Å². The van der Waals surface area contributed by atoms with Crippen LogP contribution in [0.1, 0.15) is 46.2 Å². The van der Waals surface area contributed by atoms with Crippen LogP contribution in [0.3, 0.4) is 0 Å². The van der Waals surface area contributed by atoms with Gasteiger partial charge in [0.2, 0.25) is 0 Å². The molecule has 0 saturated carbocycles. The molecule has 0 fully saturated rings. The molecule has 1 amide bonds. The monoisotopic (exact) mass is 323 g/mol. The van der Waals surface area contributed by atoms with E-state index in [1.54, 1.807) is 65.0 Å². The molecule has 1 aromatic rings. The lowest BCUT2D eigenvalue weighted by Crippen LogP contribution is -2.43. The Hall–Kier alpha value is -2.08. The molecule has 2 unspecified atom stereocenters. The highest BCUT2D eigenvalue weighted by Gasteiger charge is 2.32. The minimum atomic E-state index is -1.53. The summed E-state index contributed by atoms with van der Waals surface area (Å²) in [7, 11) is 0. The van der Waals surface area contributed by atoms with Crippen LogP contribution in [0.2, 0.25) is 0 Å². The fourth-order valence-electron chi connectivity index (χ4n) is 1.88. The molecule has 1 aromatic carbocycles. The summed E-state index contributed by atoms with van der Waals surface area (Å²) in [6, 6.07) is 7.74. The van der Waals surface area contributed by atoms with Gasteiger partial charge in [0, 0.05) is 0 Å². The van der Waals surface area contributed by atoms with Crippen LogP contribution in [0.4, 0.5) is 4.79 Å². The van der Waals surface area contributed by atoms with Crippen LogP contribution >= 0.6 is 0 Å². The smallest absolute Gasteiger partial charge is 0.408 e. The Bertz CT molecular complexity index is 522. The van der Waals surface area contributed by atoms with E-state index in [-0.39, 0.29) is 6.10 Å². The lowest BCUT2D eigenvalue weighted by atomic mass is 10.0. The number of aliphatic hydroxyl groups excluding tert-OH is 1. The van der Waals surface area contributed by atoms with Crippen molar-refractivity contribution in [3.8, 4) is 0 Å². The first-order valence-electron chi connectivity index (χ1n) is 7.53. The second kappa shape index (κ2) is 7.97. The average Bonchev–Trinajstić information content (AvgIpc) is 2.42. The molecule has 6 heteroatoms. The van der Waals surface area contributed by atoms with Gasteiger partial charge in [-0.3, -0.25) is 0 Å². The molecule has 0 bridgehead atoms. The summed E-state index contributed by atoms with van der Waals surface area (Å²) < 4.78 is 10.2. The summed E-state index contributed by atoms with van der Waals surface area (Å²) in [5.41, 5.74) is -0.110. The number of rotatable bonds is 5. The fourth-order valence-corrected chi connectivity index (χ4v) is 1.88. The van der Waals surface area contributed by atoms with E-state index in [2.05, 4.69) is 5.32 Å². The lowest BCUT2D eigenvalue weighted by Gasteiger charge is -2.26. The number of ether oxygens (including phenoxy) is 2. The van der Waals surface area contributed by atoms with Crippen molar-refractivity contribution in [2.75, 3.05) is 0 Å². The molecule has 1 rings (SSSR count). The van der Waals surface area contributed by atoms with Crippen molar-refractivity contribution in [1.29, 1.82) is 0 Å². The Kier molecular flexibility index (Phi) is 6.57. The third-order valence-electron chi connectivity index (χ3n) is 2.74. The van der Waals surface area contributed by atoms with Gasteiger partial charge in [0.05, 0.1) is 12.1 Å². The van der Waals surface area contributed by atoms with Crippen LogP contribution in [0.5, 0.6) is 0 Å². The molecule has 2 atom stereocenters. The van der Waals surface area contributed by atoms with Crippen molar-refractivity contribution in [1.82, 2.24) is 5.32 Å². The van der Waals surface area contributed by atoms with Gasteiger partial charge in [-0.05, 0) is 40.2 Å². The quantitative estimate of drug-likeness (QED) is 0.814. The molecule has 0 aliphatic carbocycles. The van der Waals surface area contributed by atoms with E-state index in [1.807, 2.05) is 0 Å². The molecule has 0 spiro atoms. The van der Waals surface area contributed by atoms with Crippen molar-refractivity contribution in [2.45, 2.75) is 58.5 Å². The Morgan fingerprint density at radius 2 is 1.70 bits per heavy atom. The fraction of sp³-hybridized carbons (Fsp3) is 0.529. The molecule has 6 nitrogen and oxygen atoms in total. The third-order valence-corrected chi connectivity index (χ3v) is 2.74. The highest BCUT2D eigenvalue weighted by atomic mass is 16.6. The summed E-state index contributed by atoms with van der Waals surface area (Å²) in [6.45, 7) is 8.56. The van der Waals surface area contributed by atoms with E-state index in [1.165, 1.54) is 0 Å². The van der Waals surface area contributed by atoms with Crippen molar-refractivity contribution >= 4 is 12.1 Å². The Balaban J connectivity index is 2.94. The van der Waals surface area contributed by atoms with E-state index in [0.717, 1.165) is 0 Å². The summed E-state index contributed by atoms with van der Waals surface area (Å²) in [4.78, 5) is 24.0. The van der Waals surface area contributed by atoms with Crippen molar-refractivity contribution in [3.63, 3.8) is 0 Å². The minimum absolute atomic E-state index is 0.366. The first-order chi connectivity index (χ1) is 10.6. The molecule has 0 saturated heterocycles. The molecule has 23 heavy (non-hydrogen) atoms. The summed E-state index contributed by atoms with van der Waals surface area (Å²) in [6.07, 6.45) is -2.62. The van der Waals surface area contributed by atoms with Gasteiger partial charge in [0.25, 0.3) is 0 Å². The number of amides is 1. The minimum Gasteiger partial charge on any atom is -0.461 e. The molecule has 128 valence electrons. The Morgan fingerprint density at radius 1 is 1.13 bits per heavy atom. The van der Waals surface area contributed by atoms with E-state index in [4.69, 9.17) is 9.47 Å². The first-order valence-corrected chi connectivity index (χ1v) is 7.53. The largest absolute Gasteiger partial charge is 0.461 e. The SMILES string of the molecule is CC(C)OC(=O)C(O)C(NC(=O)OC(C)(C)C)c1ccccc1. The number of carbonyl (C=O) groups is 2. The van der Waals surface area contributed by atoms with Gasteiger partial charge < -0.3 is 19.9 Å². The molecule has 0 aromatic heterocycles. The summed E-state index contributed by atoms with van der Waals surface area (Å²) in [5, 5.41) is 12.8. The van der Waals surface area contributed by atoms with Crippen molar-refractivity contribution < 1.29 is 24.2 Å². The maximum absolute atomic E-state index is 12.0. The molecular formula is C17H25NO5. The normalized spacial score (nSPS) is 14.0. The van der Waals surface area contributed by atoms with Gasteiger partial charge in [0.15, 0.2) is 6.10 Å².